The monoisotopic (exact) mass is 366 g/mol. The predicted octanol–water partition coefficient (Wildman–Crippen LogP) is 3.87. The Kier molecular flexibility index (Phi) is 7.28. The molecule has 0 aliphatic carbocycles. The van der Waals surface area contributed by atoms with E-state index in [9.17, 15) is 4.79 Å². The highest BCUT2D eigenvalue weighted by Crippen LogP contribution is 2.15. The van der Waals surface area contributed by atoms with Crippen LogP contribution in [0.15, 0.2) is 54.6 Å². The largest absolute Gasteiger partial charge is 0.494 e. The fourth-order valence-corrected chi connectivity index (χ4v) is 3.53. The minimum Gasteiger partial charge on any atom is -0.494 e. The zero-order valence-corrected chi connectivity index (χ0v) is 16.3. The molecule has 1 saturated heterocycles. The van der Waals surface area contributed by atoms with Crippen LogP contribution in [0.3, 0.4) is 0 Å². The third-order valence-corrected chi connectivity index (χ3v) is 5.10. The van der Waals surface area contributed by atoms with Gasteiger partial charge in [-0.3, -0.25) is 9.69 Å². The lowest BCUT2D eigenvalue weighted by Crippen LogP contribution is -2.48. The molecule has 0 saturated carbocycles. The number of carbonyl (C=O) groups is 1. The van der Waals surface area contributed by atoms with Crippen LogP contribution in [0.25, 0.3) is 0 Å². The summed E-state index contributed by atoms with van der Waals surface area (Å²) in [5, 5.41) is 0. The molecule has 2 aromatic carbocycles. The molecule has 0 radical (unpaired) electrons. The number of amides is 1. The van der Waals surface area contributed by atoms with Crippen molar-refractivity contribution in [3.63, 3.8) is 0 Å². The van der Waals surface area contributed by atoms with Gasteiger partial charge in [-0.2, -0.15) is 0 Å². The lowest BCUT2D eigenvalue weighted by Gasteiger charge is -2.34. The first kappa shape index (κ1) is 19.4. The molecule has 0 aromatic heterocycles. The van der Waals surface area contributed by atoms with Crippen molar-refractivity contribution in [1.29, 1.82) is 0 Å². The van der Waals surface area contributed by atoms with Crippen LogP contribution in [0, 0.1) is 0 Å². The fourth-order valence-electron chi connectivity index (χ4n) is 3.53. The van der Waals surface area contributed by atoms with E-state index >= 15 is 0 Å². The molecule has 0 N–H and O–H groups in total. The molecule has 1 fully saturated rings. The van der Waals surface area contributed by atoms with Gasteiger partial charge in [-0.15, -0.1) is 0 Å². The number of ether oxygens (including phenoxy) is 1. The van der Waals surface area contributed by atoms with E-state index in [1.54, 1.807) is 0 Å². The van der Waals surface area contributed by atoms with Crippen molar-refractivity contribution < 1.29 is 9.53 Å². The lowest BCUT2D eigenvalue weighted by molar-refractivity contribution is 0.0635. The minimum absolute atomic E-state index is 0.127. The van der Waals surface area contributed by atoms with Crippen molar-refractivity contribution >= 4 is 5.91 Å². The number of piperazine rings is 1. The molecule has 2 aromatic rings. The maximum Gasteiger partial charge on any atom is 0.253 e. The molecule has 1 aliphatic heterocycles. The molecule has 0 spiro atoms. The predicted molar refractivity (Wildman–Crippen MR) is 109 cm³/mol. The van der Waals surface area contributed by atoms with E-state index in [0.29, 0.717) is 6.61 Å². The molecule has 1 heterocycles. The van der Waals surface area contributed by atoms with Crippen LogP contribution < -0.4 is 4.74 Å². The van der Waals surface area contributed by atoms with Gasteiger partial charge in [0.15, 0.2) is 0 Å². The van der Waals surface area contributed by atoms with Gasteiger partial charge >= 0.3 is 0 Å². The first-order chi connectivity index (χ1) is 13.3. The van der Waals surface area contributed by atoms with Crippen LogP contribution in [0.1, 0.15) is 35.7 Å². The number of unbranched alkanes of at least 4 members (excludes halogenated alkanes) is 1. The SMILES string of the molecule is CCOc1ccc(C(=O)N2CCN(CCCCc3ccccc3)CC2)cc1. The smallest absolute Gasteiger partial charge is 0.253 e. The molecular formula is C23H30N2O2. The summed E-state index contributed by atoms with van der Waals surface area (Å²) in [4.78, 5) is 17.1. The second-order valence-corrected chi connectivity index (χ2v) is 7.03. The van der Waals surface area contributed by atoms with E-state index in [1.165, 1.54) is 18.4 Å². The van der Waals surface area contributed by atoms with Gasteiger partial charge in [-0.05, 0) is 62.6 Å². The van der Waals surface area contributed by atoms with Crippen molar-refractivity contribution in [2.45, 2.75) is 26.2 Å². The van der Waals surface area contributed by atoms with Crippen molar-refractivity contribution in [2.24, 2.45) is 0 Å². The Balaban J connectivity index is 1.37. The van der Waals surface area contributed by atoms with Crippen LogP contribution in [-0.2, 0) is 6.42 Å². The van der Waals surface area contributed by atoms with Gasteiger partial charge in [0.25, 0.3) is 5.91 Å². The standard InChI is InChI=1S/C23H30N2O2/c1-2-27-22-13-11-21(12-14-22)23(26)25-18-16-24(17-19-25)15-7-6-10-20-8-4-3-5-9-20/h3-5,8-9,11-14H,2,6-7,10,15-19H2,1H3. The Morgan fingerprint density at radius 2 is 1.63 bits per heavy atom. The number of benzene rings is 2. The van der Waals surface area contributed by atoms with E-state index in [1.807, 2.05) is 36.1 Å². The first-order valence-electron chi connectivity index (χ1n) is 10.0. The summed E-state index contributed by atoms with van der Waals surface area (Å²) in [7, 11) is 0. The first-order valence-corrected chi connectivity index (χ1v) is 10.0. The number of nitrogens with zero attached hydrogens (tertiary/aromatic N) is 2. The Bertz CT molecular complexity index is 692. The summed E-state index contributed by atoms with van der Waals surface area (Å²) in [6.45, 7) is 7.27. The maximum atomic E-state index is 12.7. The number of hydrogen-bond acceptors (Lipinski definition) is 3. The van der Waals surface area contributed by atoms with E-state index in [0.717, 1.165) is 50.5 Å². The Morgan fingerprint density at radius 1 is 0.926 bits per heavy atom. The molecule has 0 atom stereocenters. The number of carbonyl (C=O) groups excluding carboxylic acids is 1. The summed E-state index contributed by atoms with van der Waals surface area (Å²) >= 11 is 0. The molecule has 1 aliphatic rings. The number of aryl methyl sites for hydroxylation is 1. The molecule has 4 nitrogen and oxygen atoms in total. The third kappa shape index (κ3) is 5.83. The third-order valence-electron chi connectivity index (χ3n) is 5.10. The van der Waals surface area contributed by atoms with Gasteiger partial charge in [0.05, 0.1) is 6.61 Å². The van der Waals surface area contributed by atoms with Crippen LogP contribution in [0.4, 0.5) is 0 Å². The fraction of sp³-hybridized carbons (Fsp3) is 0.435. The topological polar surface area (TPSA) is 32.8 Å². The molecule has 4 heteroatoms. The highest BCUT2D eigenvalue weighted by Gasteiger charge is 2.21. The number of rotatable bonds is 8. The zero-order valence-electron chi connectivity index (χ0n) is 16.3. The Morgan fingerprint density at radius 3 is 2.30 bits per heavy atom. The quantitative estimate of drug-likeness (QED) is 0.665. The molecule has 3 rings (SSSR count). The normalized spacial score (nSPS) is 14.9. The van der Waals surface area contributed by atoms with Crippen molar-refractivity contribution in [1.82, 2.24) is 9.80 Å². The van der Waals surface area contributed by atoms with Gasteiger partial charge in [-0.1, -0.05) is 30.3 Å². The van der Waals surface area contributed by atoms with Crippen LogP contribution in [0.2, 0.25) is 0 Å². The van der Waals surface area contributed by atoms with Crippen LogP contribution >= 0.6 is 0 Å². The van der Waals surface area contributed by atoms with E-state index in [4.69, 9.17) is 4.74 Å². The average Bonchev–Trinajstić information content (AvgIpc) is 2.73. The molecule has 144 valence electrons. The van der Waals surface area contributed by atoms with Crippen molar-refractivity contribution in [3.8, 4) is 5.75 Å². The van der Waals surface area contributed by atoms with E-state index in [2.05, 4.69) is 35.2 Å². The summed E-state index contributed by atoms with van der Waals surface area (Å²) < 4.78 is 5.44. The minimum atomic E-state index is 0.127. The molecular weight excluding hydrogens is 336 g/mol. The van der Waals surface area contributed by atoms with E-state index in [-0.39, 0.29) is 5.91 Å². The molecule has 27 heavy (non-hydrogen) atoms. The highest BCUT2D eigenvalue weighted by molar-refractivity contribution is 5.94. The Hall–Kier alpha value is -2.33. The van der Waals surface area contributed by atoms with Crippen molar-refractivity contribution in [3.05, 3.63) is 65.7 Å². The van der Waals surface area contributed by atoms with Crippen LogP contribution in [0.5, 0.6) is 5.75 Å². The summed E-state index contributed by atoms with van der Waals surface area (Å²) in [5.74, 6) is 0.941. The van der Waals surface area contributed by atoms with Gasteiger partial charge in [-0.25, -0.2) is 0 Å². The van der Waals surface area contributed by atoms with Gasteiger partial charge in [0, 0.05) is 31.7 Å². The second-order valence-electron chi connectivity index (χ2n) is 7.03. The summed E-state index contributed by atoms with van der Waals surface area (Å²) in [6.07, 6.45) is 3.58. The maximum absolute atomic E-state index is 12.7. The van der Waals surface area contributed by atoms with Crippen LogP contribution in [-0.4, -0.2) is 55.0 Å². The second kappa shape index (κ2) is 10.1. The zero-order chi connectivity index (χ0) is 18.9. The molecule has 0 unspecified atom stereocenters. The molecule has 0 bridgehead atoms. The van der Waals surface area contributed by atoms with E-state index < -0.39 is 0 Å². The van der Waals surface area contributed by atoms with Gasteiger partial charge in [0.2, 0.25) is 0 Å². The van der Waals surface area contributed by atoms with Gasteiger partial charge in [0.1, 0.15) is 5.75 Å². The average molecular weight is 367 g/mol. The number of hydrogen-bond donors (Lipinski definition) is 0. The molecule has 1 amide bonds. The summed E-state index contributed by atoms with van der Waals surface area (Å²) in [5.41, 5.74) is 2.16. The Labute approximate surface area is 162 Å². The summed E-state index contributed by atoms with van der Waals surface area (Å²) in [6, 6.07) is 18.2. The lowest BCUT2D eigenvalue weighted by atomic mass is 10.1. The van der Waals surface area contributed by atoms with Crippen molar-refractivity contribution in [2.75, 3.05) is 39.3 Å². The van der Waals surface area contributed by atoms with Gasteiger partial charge < -0.3 is 9.64 Å². The highest BCUT2D eigenvalue weighted by atomic mass is 16.5.